The summed E-state index contributed by atoms with van der Waals surface area (Å²) in [5.74, 6) is -0.180. The van der Waals surface area contributed by atoms with Crippen LogP contribution in [0, 0.1) is 5.92 Å². The molecule has 5 nitrogen and oxygen atoms in total. The van der Waals surface area contributed by atoms with E-state index >= 15 is 0 Å². The van der Waals surface area contributed by atoms with Crippen LogP contribution in [-0.2, 0) is 28.9 Å². The molecule has 0 radical (unpaired) electrons. The van der Waals surface area contributed by atoms with Crippen LogP contribution in [0.4, 0.5) is 0 Å². The minimum absolute atomic E-state index is 0.0701. The first-order valence-electron chi connectivity index (χ1n) is 7.39. The van der Waals surface area contributed by atoms with Crippen LogP contribution in [-0.4, -0.2) is 27.6 Å². The van der Waals surface area contributed by atoms with Crippen molar-refractivity contribution in [2.75, 3.05) is 6.61 Å². The van der Waals surface area contributed by atoms with Crippen LogP contribution in [0.1, 0.15) is 30.3 Å². The zero-order valence-corrected chi connectivity index (χ0v) is 12.2. The van der Waals surface area contributed by atoms with Crippen molar-refractivity contribution < 1.29 is 9.53 Å². The fraction of sp³-hybridized carbons (Fsp3) is 0.438. The molecule has 0 unspecified atom stereocenters. The molecule has 110 valence electrons. The summed E-state index contributed by atoms with van der Waals surface area (Å²) in [5.41, 5.74) is 3.30. The number of esters is 1. The molecule has 0 bridgehead atoms. The highest BCUT2D eigenvalue weighted by Gasteiger charge is 2.29. The van der Waals surface area contributed by atoms with Crippen molar-refractivity contribution in [1.29, 1.82) is 0 Å². The summed E-state index contributed by atoms with van der Waals surface area (Å²) < 4.78 is 7.06. The fourth-order valence-electron chi connectivity index (χ4n) is 2.79. The van der Waals surface area contributed by atoms with Crippen LogP contribution in [0.25, 0.3) is 0 Å². The molecule has 0 spiro atoms. The standard InChI is InChI=1S/C16H19N3O2/c1-2-21-16(20)13-8-9-15-14(10-13)17-18-19(15)11-12-6-4-3-5-7-12/h3-7,13H,2,8-11H2,1H3/t13-/m1/s1. The topological polar surface area (TPSA) is 57.0 Å². The number of benzene rings is 1. The van der Waals surface area contributed by atoms with Crippen molar-refractivity contribution in [2.45, 2.75) is 32.7 Å². The number of carbonyl (C=O) groups excluding carboxylic acids is 1. The van der Waals surface area contributed by atoms with Crippen molar-refractivity contribution >= 4 is 5.97 Å². The molecule has 0 fully saturated rings. The molecule has 0 aliphatic heterocycles. The van der Waals surface area contributed by atoms with Gasteiger partial charge < -0.3 is 4.74 Å². The highest BCUT2D eigenvalue weighted by molar-refractivity contribution is 5.73. The van der Waals surface area contributed by atoms with E-state index in [1.54, 1.807) is 0 Å². The average molecular weight is 285 g/mol. The molecule has 0 saturated heterocycles. The van der Waals surface area contributed by atoms with E-state index in [2.05, 4.69) is 22.4 Å². The molecular weight excluding hydrogens is 266 g/mol. The van der Waals surface area contributed by atoms with Crippen LogP contribution in [0.5, 0.6) is 0 Å². The summed E-state index contributed by atoms with van der Waals surface area (Å²) in [6.07, 6.45) is 2.29. The maximum Gasteiger partial charge on any atom is 0.309 e. The number of carbonyl (C=O) groups is 1. The molecule has 0 N–H and O–H groups in total. The maximum atomic E-state index is 11.8. The third kappa shape index (κ3) is 2.96. The quantitative estimate of drug-likeness (QED) is 0.806. The van der Waals surface area contributed by atoms with E-state index in [1.165, 1.54) is 5.56 Å². The Hall–Kier alpha value is -2.17. The predicted molar refractivity (Wildman–Crippen MR) is 77.7 cm³/mol. The summed E-state index contributed by atoms with van der Waals surface area (Å²) in [5, 5.41) is 8.50. The minimum atomic E-state index is -0.110. The molecule has 21 heavy (non-hydrogen) atoms. The Bertz CT molecular complexity index is 622. The Morgan fingerprint density at radius 3 is 2.95 bits per heavy atom. The Kier molecular flexibility index (Phi) is 3.99. The van der Waals surface area contributed by atoms with Crippen molar-refractivity contribution in [3.8, 4) is 0 Å². The van der Waals surface area contributed by atoms with E-state index < -0.39 is 0 Å². The first-order valence-corrected chi connectivity index (χ1v) is 7.39. The smallest absolute Gasteiger partial charge is 0.309 e. The van der Waals surface area contributed by atoms with Gasteiger partial charge in [0.25, 0.3) is 0 Å². The number of fused-ring (bicyclic) bond motifs is 1. The van der Waals surface area contributed by atoms with E-state index in [-0.39, 0.29) is 11.9 Å². The van der Waals surface area contributed by atoms with Crippen molar-refractivity contribution in [2.24, 2.45) is 5.92 Å². The summed E-state index contributed by atoms with van der Waals surface area (Å²) >= 11 is 0. The second-order valence-corrected chi connectivity index (χ2v) is 5.32. The van der Waals surface area contributed by atoms with Gasteiger partial charge in [0.05, 0.1) is 30.5 Å². The van der Waals surface area contributed by atoms with Gasteiger partial charge in [-0.25, -0.2) is 4.68 Å². The minimum Gasteiger partial charge on any atom is -0.466 e. The number of hydrogen-bond acceptors (Lipinski definition) is 4. The summed E-state index contributed by atoms with van der Waals surface area (Å²) in [6, 6.07) is 10.2. The van der Waals surface area contributed by atoms with Gasteiger partial charge in [0.1, 0.15) is 0 Å². The lowest BCUT2D eigenvalue weighted by molar-refractivity contribution is -0.148. The van der Waals surface area contributed by atoms with Crippen LogP contribution in [0.2, 0.25) is 0 Å². The van der Waals surface area contributed by atoms with Gasteiger partial charge in [-0.3, -0.25) is 4.79 Å². The Morgan fingerprint density at radius 1 is 1.38 bits per heavy atom. The normalized spacial score (nSPS) is 17.3. The number of rotatable bonds is 4. The second kappa shape index (κ2) is 6.08. The molecule has 1 aromatic heterocycles. The molecule has 1 atom stereocenters. The van der Waals surface area contributed by atoms with Crippen LogP contribution in [0.15, 0.2) is 30.3 Å². The van der Waals surface area contributed by atoms with Gasteiger partial charge in [-0.2, -0.15) is 0 Å². The zero-order chi connectivity index (χ0) is 14.7. The van der Waals surface area contributed by atoms with E-state index in [1.807, 2.05) is 29.8 Å². The van der Waals surface area contributed by atoms with Gasteiger partial charge in [-0.1, -0.05) is 35.5 Å². The van der Waals surface area contributed by atoms with Gasteiger partial charge in [0, 0.05) is 6.42 Å². The SMILES string of the molecule is CCOC(=O)[C@@H]1CCc2c(nnn2Cc2ccccc2)C1. The number of ether oxygens (including phenoxy) is 1. The lowest BCUT2D eigenvalue weighted by atomic mass is 9.89. The molecular formula is C16H19N3O2. The number of nitrogens with zero attached hydrogens (tertiary/aromatic N) is 3. The van der Waals surface area contributed by atoms with Crippen molar-refractivity contribution in [1.82, 2.24) is 15.0 Å². The van der Waals surface area contributed by atoms with Crippen LogP contribution < -0.4 is 0 Å². The maximum absolute atomic E-state index is 11.8. The predicted octanol–water partition coefficient (Wildman–Crippen LogP) is 1.99. The molecule has 0 saturated carbocycles. The number of hydrogen-bond donors (Lipinski definition) is 0. The largest absolute Gasteiger partial charge is 0.466 e. The monoisotopic (exact) mass is 285 g/mol. The molecule has 0 amide bonds. The molecule has 2 aromatic rings. The van der Waals surface area contributed by atoms with E-state index in [0.717, 1.165) is 30.8 Å². The van der Waals surface area contributed by atoms with Crippen molar-refractivity contribution in [3.05, 3.63) is 47.3 Å². The van der Waals surface area contributed by atoms with Crippen LogP contribution >= 0.6 is 0 Å². The summed E-state index contributed by atoms with van der Waals surface area (Å²) in [7, 11) is 0. The van der Waals surface area contributed by atoms with Crippen LogP contribution in [0.3, 0.4) is 0 Å². The molecule has 1 aliphatic rings. The Balaban J connectivity index is 1.73. The highest BCUT2D eigenvalue weighted by Crippen LogP contribution is 2.25. The molecule has 5 heteroatoms. The summed E-state index contributed by atoms with van der Waals surface area (Å²) in [4.78, 5) is 11.8. The third-order valence-corrected chi connectivity index (χ3v) is 3.88. The Labute approximate surface area is 123 Å². The molecule has 1 aromatic carbocycles. The first-order chi connectivity index (χ1) is 10.3. The first kappa shape index (κ1) is 13.8. The number of aromatic nitrogens is 3. The highest BCUT2D eigenvalue weighted by atomic mass is 16.5. The van der Waals surface area contributed by atoms with E-state index in [9.17, 15) is 4.79 Å². The molecule has 3 rings (SSSR count). The lowest BCUT2D eigenvalue weighted by Gasteiger charge is -2.20. The zero-order valence-electron chi connectivity index (χ0n) is 12.2. The lowest BCUT2D eigenvalue weighted by Crippen LogP contribution is -2.25. The van der Waals surface area contributed by atoms with Gasteiger partial charge in [-0.15, -0.1) is 5.10 Å². The average Bonchev–Trinajstić information content (AvgIpc) is 2.91. The van der Waals surface area contributed by atoms with Crippen molar-refractivity contribution in [3.63, 3.8) is 0 Å². The van der Waals surface area contributed by atoms with E-state index in [4.69, 9.17) is 4.74 Å². The second-order valence-electron chi connectivity index (χ2n) is 5.32. The Morgan fingerprint density at radius 2 is 2.19 bits per heavy atom. The third-order valence-electron chi connectivity index (χ3n) is 3.88. The molecule has 1 aliphatic carbocycles. The fourth-order valence-corrected chi connectivity index (χ4v) is 2.79. The van der Waals surface area contributed by atoms with Gasteiger partial charge in [-0.05, 0) is 25.3 Å². The molecule has 1 heterocycles. The van der Waals surface area contributed by atoms with E-state index in [0.29, 0.717) is 13.0 Å². The van der Waals surface area contributed by atoms with Gasteiger partial charge in [0.2, 0.25) is 0 Å². The summed E-state index contributed by atoms with van der Waals surface area (Å²) in [6.45, 7) is 3.00. The van der Waals surface area contributed by atoms with Gasteiger partial charge >= 0.3 is 5.97 Å². The van der Waals surface area contributed by atoms with Gasteiger partial charge in [0.15, 0.2) is 0 Å².